The molecule has 4 rings (SSSR count). The molecule has 1 aliphatic rings. The van der Waals surface area contributed by atoms with Crippen LogP contribution in [-0.2, 0) is 11.3 Å². The number of ether oxygens (including phenoxy) is 2. The summed E-state index contributed by atoms with van der Waals surface area (Å²) in [5.41, 5.74) is 2.01. The first-order valence-corrected chi connectivity index (χ1v) is 12.7. The Kier molecular flexibility index (Phi) is 8.79. The normalized spacial score (nSPS) is 17.1. The zero-order chi connectivity index (χ0) is 25.3. The number of rotatable bonds is 9. The van der Waals surface area contributed by atoms with Crippen LogP contribution < -0.4 is 14.8 Å². The molecule has 2 N–H and O–H groups in total. The molecule has 188 valence electrons. The highest BCUT2D eigenvalue weighted by molar-refractivity contribution is 7.80. The maximum absolute atomic E-state index is 11.4. The van der Waals surface area contributed by atoms with Crippen LogP contribution >= 0.6 is 12.2 Å². The van der Waals surface area contributed by atoms with Gasteiger partial charge in [0.05, 0.1) is 13.0 Å². The molecule has 1 saturated carbocycles. The summed E-state index contributed by atoms with van der Waals surface area (Å²) in [6, 6.07) is 25.4. The second-order valence-corrected chi connectivity index (χ2v) is 9.54. The topological polar surface area (TPSA) is 71.0 Å². The Bertz CT molecular complexity index is 1130. The summed E-state index contributed by atoms with van der Waals surface area (Å²) in [6.07, 6.45) is 3.23. The second-order valence-electron chi connectivity index (χ2n) is 9.15. The quantitative estimate of drug-likeness (QED) is 0.319. The third-order valence-corrected chi connectivity index (χ3v) is 6.94. The molecule has 3 aromatic rings. The Morgan fingerprint density at radius 1 is 0.917 bits per heavy atom. The summed E-state index contributed by atoms with van der Waals surface area (Å²) in [7, 11) is 1.66. The lowest BCUT2D eigenvalue weighted by atomic mass is 9.82. The number of benzene rings is 3. The van der Waals surface area contributed by atoms with E-state index in [0.29, 0.717) is 17.6 Å². The lowest BCUT2D eigenvalue weighted by Gasteiger charge is -2.33. The minimum Gasteiger partial charge on any atom is -0.497 e. The summed E-state index contributed by atoms with van der Waals surface area (Å²) in [6.45, 7) is 1.43. The van der Waals surface area contributed by atoms with Crippen molar-refractivity contribution in [2.24, 2.45) is 11.8 Å². The fourth-order valence-electron chi connectivity index (χ4n) is 4.51. The van der Waals surface area contributed by atoms with Crippen molar-refractivity contribution >= 4 is 29.0 Å². The van der Waals surface area contributed by atoms with Gasteiger partial charge in [-0.3, -0.25) is 4.79 Å². The molecule has 0 amide bonds. The van der Waals surface area contributed by atoms with Gasteiger partial charge in [-0.2, -0.15) is 0 Å². The Hall–Kier alpha value is -3.58. The Balaban J connectivity index is 1.41. The van der Waals surface area contributed by atoms with Gasteiger partial charge in [0.1, 0.15) is 17.2 Å². The molecule has 1 fully saturated rings. The van der Waals surface area contributed by atoms with Crippen LogP contribution in [0, 0.1) is 11.8 Å². The summed E-state index contributed by atoms with van der Waals surface area (Å²) in [5.74, 6) is 1.86. The van der Waals surface area contributed by atoms with Crippen LogP contribution in [-0.4, -0.2) is 34.7 Å². The molecule has 0 radical (unpaired) electrons. The molecule has 36 heavy (non-hydrogen) atoms. The van der Waals surface area contributed by atoms with Crippen molar-refractivity contribution in [2.75, 3.05) is 19.0 Å². The fourth-order valence-corrected chi connectivity index (χ4v) is 4.76. The lowest BCUT2D eigenvalue weighted by molar-refractivity contribution is -0.143. The molecule has 7 heteroatoms. The number of nitrogens with one attached hydrogen (secondary N) is 1. The Labute approximate surface area is 217 Å². The van der Waals surface area contributed by atoms with E-state index in [4.69, 9.17) is 21.7 Å². The first kappa shape index (κ1) is 25.5. The molecule has 0 aromatic heterocycles. The number of para-hydroxylation sites is 1. The van der Waals surface area contributed by atoms with E-state index in [2.05, 4.69) is 10.2 Å². The maximum atomic E-state index is 11.4. The van der Waals surface area contributed by atoms with E-state index in [1.165, 1.54) is 0 Å². The van der Waals surface area contributed by atoms with Crippen molar-refractivity contribution in [1.29, 1.82) is 0 Å². The first-order valence-electron chi connectivity index (χ1n) is 12.2. The van der Waals surface area contributed by atoms with Gasteiger partial charge in [0, 0.05) is 18.8 Å². The molecule has 6 nitrogen and oxygen atoms in total. The Morgan fingerprint density at radius 3 is 2.14 bits per heavy atom. The first-order chi connectivity index (χ1) is 17.5. The van der Waals surface area contributed by atoms with E-state index in [1.807, 2.05) is 78.9 Å². The van der Waals surface area contributed by atoms with Crippen molar-refractivity contribution in [1.82, 2.24) is 4.90 Å². The predicted octanol–water partition coefficient (Wildman–Crippen LogP) is 6.58. The zero-order valence-electron chi connectivity index (χ0n) is 20.4. The van der Waals surface area contributed by atoms with Crippen molar-refractivity contribution < 1.29 is 19.4 Å². The monoisotopic (exact) mass is 504 g/mol. The smallest absolute Gasteiger partial charge is 0.306 e. The van der Waals surface area contributed by atoms with E-state index in [-0.39, 0.29) is 5.92 Å². The van der Waals surface area contributed by atoms with Gasteiger partial charge in [-0.25, -0.2) is 0 Å². The highest BCUT2D eigenvalue weighted by Crippen LogP contribution is 2.30. The van der Waals surface area contributed by atoms with Gasteiger partial charge < -0.3 is 24.8 Å². The third-order valence-electron chi connectivity index (χ3n) is 6.58. The van der Waals surface area contributed by atoms with Crippen LogP contribution in [0.25, 0.3) is 0 Å². The molecule has 0 unspecified atom stereocenters. The number of carboxylic acids is 1. The number of hydrogen-bond donors (Lipinski definition) is 2. The number of methoxy groups -OCH3 is 1. The average molecular weight is 505 g/mol. The zero-order valence-corrected chi connectivity index (χ0v) is 21.2. The number of nitrogens with zero attached hydrogens (tertiary/aromatic N) is 1. The molecule has 0 atom stereocenters. The number of anilines is 1. The van der Waals surface area contributed by atoms with Gasteiger partial charge in [0.25, 0.3) is 0 Å². The standard InChI is InChI=1S/C29H32N2O4S/c1-34-25-15-9-22(10-16-25)20-31(19-21-7-11-23(12-8-21)28(32)33)29(36)30-24-13-17-27(18-14-24)35-26-5-3-2-4-6-26/h2-6,9-10,13-18,21,23H,7-8,11-12,19-20H2,1H3,(H,30,36)(H,32,33). The lowest BCUT2D eigenvalue weighted by Crippen LogP contribution is -2.39. The van der Waals surface area contributed by atoms with Gasteiger partial charge >= 0.3 is 5.97 Å². The molecular formula is C29H32N2O4S. The highest BCUT2D eigenvalue weighted by atomic mass is 32.1. The Morgan fingerprint density at radius 2 is 1.53 bits per heavy atom. The second kappa shape index (κ2) is 12.4. The van der Waals surface area contributed by atoms with E-state index < -0.39 is 5.97 Å². The molecule has 0 heterocycles. The highest BCUT2D eigenvalue weighted by Gasteiger charge is 2.27. The SMILES string of the molecule is COc1ccc(CN(CC2CCC(C(=O)O)CC2)C(=S)Nc2ccc(Oc3ccccc3)cc2)cc1. The van der Waals surface area contributed by atoms with Crippen LogP contribution in [0.1, 0.15) is 31.2 Å². The van der Waals surface area contributed by atoms with Crippen molar-refractivity contribution in [3.8, 4) is 17.2 Å². The molecule has 0 bridgehead atoms. The van der Waals surface area contributed by atoms with Gasteiger partial charge in [0.15, 0.2) is 5.11 Å². The molecule has 0 saturated heterocycles. The predicted molar refractivity (Wildman–Crippen MR) is 146 cm³/mol. The van der Waals surface area contributed by atoms with Crippen LogP contribution in [0.2, 0.25) is 0 Å². The number of carboxylic acid groups (broad SMARTS) is 1. The molecular weight excluding hydrogens is 472 g/mol. The molecule has 0 aliphatic heterocycles. The minimum atomic E-state index is -0.680. The summed E-state index contributed by atoms with van der Waals surface area (Å²) < 4.78 is 11.2. The molecule has 3 aromatic carbocycles. The van der Waals surface area contributed by atoms with E-state index in [9.17, 15) is 9.90 Å². The van der Waals surface area contributed by atoms with Crippen molar-refractivity contribution in [3.05, 3.63) is 84.4 Å². The van der Waals surface area contributed by atoms with E-state index in [0.717, 1.165) is 60.7 Å². The molecule has 1 aliphatic carbocycles. The van der Waals surface area contributed by atoms with E-state index in [1.54, 1.807) is 7.11 Å². The minimum absolute atomic E-state index is 0.224. The number of hydrogen-bond acceptors (Lipinski definition) is 4. The number of thiocarbonyl (C=S) groups is 1. The summed E-state index contributed by atoms with van der Waals surface area (Å²) >= 11 is 5.84. The van der Waals surface area contributed by atoms with Gasteiger partial charge in [-0.05, 0) is 97.9 Å². The van der Waals surface area contributed by atoms with E-state index >= 15 is 0 Å². The average Bonchev–Trinajstić information content (AvgIpc) is 2.91. The van der Waals surface area contributed by atoms with Crippen LogP contribution in [0.3, 0.4) is 0 Å². The fraction of sp³-hybridized carbons (Fsp3) is 0.310. The van der Waals surface area contributed by atoms with Crippen LogP contribution in [0.4, 0.5) is 5.69 Å². The van der Waals surface area contributed by atoms with Gasteiger partial charge in [-0.1, -0.05) is 30.3 Å². The molecule has 0 spiro atoms. The van der Waals surface area contributed by atoms with Crippen molar-refractivity contribution in [3.63, 3.8) is 0 Å². The maximum Gasteiger partial charge on any atom is 0.306 e. The summed E-state index contributed by atoms with van der Waals surface area (Å²) in [5, 5.41) is 13.4. The number of aliphatic carboxylic acids is 1. The van der Waals surface area contributed by atoms with Crippen LogP contribution in [0.5, 0.6) is 17.2 Å². The van der Waals surface area contributed by atoms with Gasteiger partial charge in [0.2, 0.25) is 0 Å². The largest absolute Gasteiger partial charge is 0.497 e. The van der Waals surface area contributed by atoms with Crippen LogP contribution in [0.15, 0.2) is 78.9 Å². The van der Waals surface area contributed by atoms with Gasteiger partial charge in [-0.15, -0.1) is 0 Å². The van der Waals surface area contributed by atoms with Crippen molar-refractivity contribution in [2.45, 2.75) is 32.2 Å². The summed E-state index contributed by atoms with van der Waals surface area (Å²) in [4.78, 5) is 13.5. The number of carbonyl (C=O) groups is 1. The third kappa shape index (κ3) is 7.21.